The molecule has 1 aromatic rings. The Labute approximate surface area is 165 Å². The van der Waals surface area contributed by atoms with Gasteiger partial charge in [-0.05, 0) is 31.0 Å². The van der Waals surface area contributed by atoms with Gasteiger partial charge in [-0.2, -0.15) is 13.2 Å². The molecule has 2 aliphatic heterocycles. The van der Waals surface area contributed by atoms with Gasteiger partial charge in [-0.25, -0.2) is 0 Å². The van der Waals surface area contributed by atoms with Gasteiger partial charge in [0.2, 0.25) is 0 Å². The molecule has 2 heterocycles. The number of nitrogens with zero attached hydrogens (tertiary/aromatic N) is 1. The van der Waals surface area contributed by atoms with Crippen molar-refractivity contribution in [2.45, 2.75) is 25.1 Å². The molecular weight excluding hydrogens is 399 g/mol. The lowest BCUT2D eigenvalue weighted by Gasteiger charge is -2.33. The smallest absolute Gasteiger partial charge is 0.368 e. The van der Waals surface area contributed by atoms with Crippen molar-refractivity contribution in [1.82, 2.24) is 4.90 Å². The van der Waals surface area contributed by atoms with Crippen molar-refractivity contribution in [2.75, 3.05) is 44.6 Å². The molecule has 154 valence electrons. The molecule has 0 radical (unpaired) electrons. The van der Waals surface area contributed by atoms with Crippen molar-refractivity contribution < 1.29 is 32.4 Å². The standard InChI is InChI=1S/C18H21ClF3N3O3/c19-13-4-3-12(18(20,21)22)10-14(13)23-16(26)11-24-5-7-25(8-6-24)17(27)15-2-1-9-28-15/h3-4,10,15H,1-2,5-9,11H2,(H,23,26)/p+1/t15-/m1/s1. The van der Waals surface area contributed by atoms with E-state index in [2.05, 4.69) is 5.32 Å². The zero-order chi connectivity index (χ0) is 20.3. The molecule has 0 spiro atoms. The first-order valence-corrected chi connectivity index (χ1v) is 9.52. The molecular formula is C18H22ClF3N3O3+. The first kappa shape index (κ1) is 20.9. The second-order valence-electron chi connectivity index (χ2n) is 6.99. The van der Waals surface area contributed by atoms with Crippen LogP contribution in [0.25, 0.3) is 0 Å². The highest BCUT2D eigenvalue weighted by Crippen LogP contribution is 2.33. The number of anilines is 1. The van der Waals surface area contributed by atoms with Crippen LogP contribution in [-0.2, 0) is 20.5 Å². The van der Waals surface area contributed by atoms with E-state index >= 15 is 0 Å². The fraction of sp³-hybridized carbons (Fsp3) is 0.556. The van der Waals surface area contributed by atoms with Crippen LogP contribution in [0.4, 0.5) is 18.9 Å². The van der Waals surface area contributed by atoms with E-state index in [1.807, 2.05) is 0 Å². The van der Waals surface area contributed by atoms with Crippen molar-refractivity contribution in [1.29, 1.82) is 0 Å². The number of rotatable bonds is 4. The zero-order valence-corrected chi connectivity index (χ0v) is 15.9. The van der Waals surface area contributed by atoms with Crippen LogP contribution in [0.15, 0.2) is 18.2 Å². The number of halogens is 4. The van der Waals surface area contributed by atoms with Crippen LogP contribution in [0, 0.1) is 0 Å². The first-order chi connectivity index (χ1) is 13.2. The number of carbonyl (C=O) groups excluding carboxylic acids is 2. The lowest BCUT2D eigenvalue weighted by atomic mass is 10.2. The highest BCUT2D eigenvalue weighted by Gasteiger charge is 2.33. The number of carbonyl (C=O) groups is 2. The molecule has 0 bridgehead atoms. The van der Waals surface area contributed by atoms with Crippen molar-refractivity contribution in [3.05, 3.63) is 28.8 Å². The monoisotopic (exact) mass is 420 g/mol. The van der Waals surface area contributed by atoms with E-state index in [-0.39, 0.29) is 29.3 Å². The molecule has 2 N–H and O–H groups in total. The van der Waals surface area contributed by atoms with Gasteiger partial charge in [0.1, 0.15) is 6.10 Å². The second-order valence-corrected chi connectivity index (χ2v) is 7.40. The van der Waals surface area contributed by atoms with Crippen LogP contribution >= 0.6 is 11.6 Å². The lowest BCUT2D eigenvalue weighted by Crippen LogP contribution is -3.15. The molecule has 0 aromatic heterocycles. The molecule has 2 amide bonds. The second kappa shape index (κ2) is 8.67. The molecule has 6 nitrogen and oxygen atoms in total. The molecule has 3 rings (SSSR count). The highest BCUT2D eigenvalue weighted by atomic mass is 35.5. The number of amides is 2. The Hall–Kier alpha value is -1.84. The van der Waals surface area contributed by atoms with Crippen molar-refractivity contribution in [3.8, 4) is 0 Å². The van der Waals surface area contributed by atoms with Crippen molar-refractivity contribution in [3.63, 3.8) is 0 Å². The predicted octanol–water partition coefficient (Wildman–Crippen LogP) is 1.20. The number of nitrogens with one attached hydrogen (secondary N) is 2. The van der Waals surface area contributed by atoms with Gasteiger partial charge in [0.25, 0.3) is 11.8 Å². The first-order valence-electron chi connectivity index (χ1n) is 9.14. The summed E-state index contributed by atoms with van der Waals surface area (Å²) in [7, 11) is 0. The molecule has 0 unspecified atom stereocenters. The van der Waals surface area contributed by atoms with Crippen LogP contribution in [-0.4, -0.2) is 62.1 Å². The fourth-order valence-corrected chi connectivity index (χ4v) is 3.58. The van der Waals surface area contributed by atoms with E-state index in [1.54, 1.807) is 4.90 Å². The SMILES string of the molecule is O=C(C[NH+]1CCN(C(=O)[C@H]2CCCO2)CC1)Nc1cc(C(F)(F)F)ccc1Cl. The quantitative estimate of drug-likeness (QED) is 0.769. The minimum absolute atomic E-state index is 0.00301. The Morgan fingerprint density at radius 2 is 2.00 bits per heavy atom. The third-order valence-corrected chi connectivity index (χ3v) is 5.30. The summed E-state index contributed by atoms with van der Waals surface area (Å²) >= 11 is 5.90. The van der Waals surface area contributed by atoms with E-state index < -0.39 is 17.6 Å². The summed E-state index contributed by atoms with van der Waals surface area (Å²) in [6, 6.07) is 2.81. The maximum absolute atomic E-state index is 12.8. The van der Waals surface area contributed by atoms with Crippen molar-refractivity contribution in [2.24, 2.45) is 0 Å². The summed E-state index contributed by atoms with van der Waals surface area (Å²) in [6.45, 7) is 2.91. The summed E-state index contributed by atoms with van der Waals surface area (Å²) in [5.74, 6) is -0.424. The van der Waals surface area contributed by atoms with E-state index in [0.717, 1.165) is 35.9 Å². The van der Waals surface area contributed by atoms with Crippen LogP contribution in [0.2, 0.25) is 5.02 Å². The number of ether oxygens (including phenoxy) is 1. The molecule has 0 saturated carbocycles. The molecule has 10 heteroatoms. The third kappa shape index (κ3) is 5.15. The third-order valence-electron chi connectivity index (χ3n) is 4.97. The fourth-order valence-electron chi connectivity index (χ4n) is 3.42. The molecule has 0 aliphatic carbocycles. The Bertz CT molecular complexity index is 731. The van der Waals surface area contributed by atoms with Gasteiger partial charge in [0.05, 0.1) is 42.5 Å². The molecule has 2 aliphatic rings. The summed E-state index contributed by atoms with van der Waals surface area (Å²) in [4.78, 5) is 27.3. The van der Waals surface area contributed by atoms with E-state index in [9.17, 15) is 22.8 Å². The molecule has 2 fully saturated rings. The molecule has 1 aromatic carbocycles. The minimum Gasteiger partial charge on any atom is -0.368 e. The predicted molar refractivity (Wildman–Crippen MR) is 96.2 cm³/mol. The van der Waals surface area contributed by atoms with Gasteiger partial charge in [-0.3, -0.25) is 9.59 Å². The van der Waals surface area contributed by atoms with Gasteiger partial charge in [0, 0.05) is 6.61 Å². The van der Waals surface area contributed by atoms with Gasteiger partial charge < -0.3 is 19.9 Å². The number of quaternary nitrogens is 1. The molecule has 1 atom stereocenters. The van der Waals surface area contributed by atoms with Crippen LogP contribution in [0.1, 0.15) is 18.4 Å². The van der Waals surface area contributed by atoms with Gasteiger partial charge >= 0.3 is 6.18 Å². The maximum atomic E-state index is 12.8. The minimum atomic E-state index is -4.51. The summed E-state index contributed by atoms with van der Waals surface area (Å²) < 4.78 is 43.9. The average molecular weight is 421 g/mol. The van der Waals surface area contributed by atoms with Crippen LogP contribution < -0.4 is 10.2 Å². The molecule has 2 saturated heterocycles. The lowest BCUT2D eigenvalue weighted by molar-refractivity contribution is -0.895. The number of hydrogen-bond donors (Lipinski definition) is 2. The number of alkyl halides is 3. The van der Waals surface area contributed by atoms with Gasteiger partial charge in [0.15, 0.2) is 6.54 Å². The van der Waals surface area contributed by atoms with Crippen molar-refractivity contribution >= 4 is 29.1 Å². The van der Waals surface area contributed by atoms with E-state index in [0.29, 0.717) is 32.8 Å². The summed E-state index contributed by atoms with van der Waals surface area (Å²) in [5.41, 5.74) is -0.936. The topological polar surface area (TPSA) is 63.1 Å². The van der Waals surface area contributed by atoms with Gasteiger partial charge in [-0.15, -0.1) is 0 Å². The van der Waals surface area contributed by atoms with E-state index in [4.69, 9.17) is 16.3 Å². The zero-order valence-electron chi connectivity index (χ0n) is 15.2. The Balaban J connectivity index is 1.50. The normalized spacial score (nSPS) is 21.0. The largest absolute Gasteiger partial charge is 0.416 e. The maximum Gasteiger partial charge on any atom is 0.416 e. The Morgan fingerprint density at radius 1 is 1.29 bits per heavy atom. The summed E-state index contributed by atoms with van der Waals surface area (Å²) in [5, 5.41) is 2.50. The number of hydrogen-bond acceptors (Lipinski definition) is 3. The number of piperazine rings is 1. The highest BCUT2D eigenvalue weighted by molar-refractivity contribution is 6.33. The van der Waals surface area contributed by atoms with Crippen LogP contribution in [0.5, 0.6) is 0 Å². The molecule has 28 heavy (non-hydrogen) atoms. The summed E-state index contributed by atoms with van der Waals surface area (Å²) in [6.07, 6.45) is -3.24. The van der Waals surface area contributed by atoms with Gasteiger partial charge in [-0.1, -0.05) is 11.6 Å². The average Bonchev–Trinajstić information content (AvgIpc) is 3.17. The van der Waals surface area contributed by atoms with Crippen LogP contribution in [0.3, 0.4) is 0 Å². The Kier molecular flexibility index (Phi) is 6.47. The Morgan fingerprint density at radius 3 is 2.61 bits per heavy atom. The van der Waals surface area contributed by atoms with E-state index in [1.165, 1.54) is 0 Å². The number of benzene rings is 1.